The summed E-state index contributed by atoms with van der Waals surface area (Å²) in [6.07, 6.45) is 7.00. The van der Waals surface area contributed by atoms with Gasteiger partial charge in [0.05, 0.1) is 22.2 Å². The fourth-order valence-electron chi connectivity index (χ4n) is 4.07. The molecule has 5 rings (SSSR count). The molecule has 1 aliphatic rings. The van der Waals surface area contributed by atoms with Crippen LogP contribution in [-0.2, 0) is 11.3 Å². The van der Waals surface area contributed by atoms with Gasteiger partial charge >= 0.3 is 0 Å². The number of hydrogen-bond acceptors (Lipinski definition) is 6. The number of benzene rings is 1. The van der Waals surface area contributed by atoms with E-state index in [2.05, 4.69) is 22.0 Å². The van der Waals surface area contributed by atoms with Gasteiger partial charge in [0.2, 0.25) is 11.7 Å². The summed E-state index contributed by atoms with van der Waals surface area (Å²) in [5.74, 6) is 1.32. The third-order valence-corrected chi connectivity index (χ3v) is 6.77. The molecular formula is C23H25N5O2S. The molecule has 0 bridgehead atoms. The van der Waals surface area contributed by atoms with Crippen molar-refractivity contribution in [2.24, 2.45) is 0 Å². The molecule has 7 nitrogen and oxygen atoms in total. The molecule has 0 radical (unpaired) electrons. The summed E-state index contributed by atoms with van der Waals surface area (Å²) in [7, 11) is 0. The topological polar surface area (TPSA) is 77.1 Å². The van der Waals surface area contributed by atoms with Crippen molar-refractivity contribution >= 4 is 28.3 Å². The van der Waals surface area contributed by atoms with Gasteiger partial charge in [0, 0.05) is 36.5 Å². The highest BCUT2D eigenvalue weighted by Crippen LogP contribution is 2.29. The zero-order valence-electron chi connectivity index (χ0n) is 17.6. The molecule has 1 saturated heterocycles. The molecule has 0 unspecified atom stereocenters. The molecule has 1 fully saturated rings. The zero-order chi connectivity index (χ0) is 21.2. The molecular weight excluding hydrogens is 410 g/mol. The molecule has 1 aromatic carbocycles. The number of aryl methyl sites for hydroxylation is 2. The molecule has 1 amide bonds. The number of rotatable bonds is 5. The Labute approximate surface area is 184 Å². The summed E-state index contributed by atoms with van der Waals surface area (Å²) in [5.41, 5.74) is 2.73. The van der Waals surface area contributed by atoms with Gasteiger partial charge in [-0.3, -0.25) is 4.79 Å². The highest BCUT2D eigenvalue weighted by Gasteiger charge is 2.17. The fraction of sp³-hybridized carbons (Fsp3) is 0.391. The molecule has 0 aliphatic carbocycles. The summed E-state index contributed by atoms with van der Waals surface area (Å²) in [5, 5.41) is 4.14. The second-order valence-corrected chi connectivity index (χ2v) is 9.31. The normalized spacial score (nSPS) is 14.8. The van der Waals surface area contributed by atoms with Crippen molar-refractivity contribution in [2.75, 3.05) is 13.1 Å². The Balaban J connectivity index is 1.30. The fourth-order valence-corrected chi connectivity index (χ4v) is 4.85. The molecule has 0 atom stereocenters. The first-order valence-electron chi connectivity index (χ1n) is 10.8. The number of aromatic nitrogens is 4. The second-order valence-electron chi connectivity index (χ2n) is 8.02. The lowest BCUT2D eigenvalue weighted by Gasteiger charge is -2.20. The van der Waals surface area contributed by atoms with Crippen LogP contribution in [0.25, 0.3) is 33.2 Å². The van der Waals surface area contributed by atoms with Crippen LogP contribution in [0.2, 0.25) is 0 Å². The van der Waals surface area contributed by atoms with E-state index in [1.807, 2.05) is 39.8 Å². The number of thiophene rings is 1. The smallest absolute Gasteiger partial charge is 0.268 e. The SMILES string of the molecule is Cc1ccc(-c2nc(-c3ccc4c(c3)ncn4CCC(=O)N3CCCCCC3)no2)s1. The monoisotopic (exact) mass is 435 g/mol. The van der Waals surface area contributed by atoms with Crippen molar-refractivity contribution in [3.63, 3.8) is 0 Å². The van der Waals surface area contributed by atoms with Gasteiger partial charge in [0.1, 0.15) is 0 Å². The van der Waals surface area contributed by atoms with Crippen LogP contribution >= 0.6 is 11.3 Å². The van der Waals surface area contributed by atoms with Gasteiger partial charge in [-0.1, -0.05) is 18.0 Å². The number of carbonyl (C=O) groups excluding carboxylic acids is 1. The molecule has 160 valence electrons. The van der Waals surface area contributed by atoms with Gasteiger partial charge in [0.15, 0.2) is 0 Å². The molecule has 0 spiro atoms. The maximum absolute atomic E-state index is 12.6. The number of imidazole rings is 1. The van der Waals surface area contributed by atoms with Gasteiger partial charge in [-0.2, -0.15) is 4.98 Å². The summed E-state index contributed by atoms with van der Waals surface area (Å²) >= 11 is 1.63. The Morgan fingerprint density at radius 1 is 1.13 bits per heavy atom. The minimum Gasteiger partial charge on any atom is -0.343 e. The lowest BCUT2D eigenvalue weighted by atomic mass is 10.2. The minimum atomic E-state index is 0.239. The van der Waals surface area contributed by atoms with Crippen LogP contribution in [0, 0.1) is 6.92 Å². The van der Waals surface area contributed by atoms with E-state index in [9.17, 15) is 4.79 Å². The molecule has 3 aromatic heterocycles. The Hall–Kier alpha value is -3.00. The summed E-state index contributed by atoms with van der Waals surface area (Å²) in [6.45, 7) is 4.47. The number of hydrogen-bond donors (Lipinski definition) is 0. The summed E-state index contributed by atoms with van der Waals surface area (Å²) in [4.78, 5) is 25.9. The summed E-state index contributed by atoms with van der Waals surface area (Å²) < 4.78 is 7.50. The molecule has 1 aliphatic heterocycles. The third-order valence-electron chi connectivity index (χ3n) is 5.78. The number of carbonyl (C=O) groups is 1. The van der Waals surface area contributed by atoms with Gasteiger partial charge < -0.3 is 14.0 Å². The van der Waals surface area contributed by atoms with Crippen LogP contribution in [0.15, 0.2) is 41.2 Å². The van der Waals surface area contributed by atoms with Crippen LogP contribution in [0.1, 0.15) is 37.0 Å². The van der Waals surface area contributed by atoms with E-state index < -0.39 is 0 Å². The first kappa shape index (κ1) is 19.9. The predicted molar refractivity (Wildman–Crippen MR) is 121 cm³/mol. The maximum Gasteiger partial charge on any atom is 0.268 e. The minimum absolute atomic E-state index is 0.239. The van der Waals surface area contributed by atoms with E-state index in [4.69, 9.17) is 4.52 Å². The van der Waals surface area contributed by atoms with E-state index in [-0.39, 0.29) is 5.91 Å². The van der Waals surface area contributed by atoms with Gasteiger partial charge in [-0.05, 0) is 50.1 Å². The second kappa shape index (κ2) is 8.63. The maximum atomic E-state index is 12.6. The largest absolute Gasteiger partial charge is 0.343 e. The quantitative estimate of drug-likeness (QED) is 0.445. The average molecular weight is 436 g/mol. The first-order chi connectivity index (χ1) is 15.2. The van der Waals surface area contributed by atoms with E-state index in [0.29, 0.717) is 24.7 Å². The van der Waals surface area contributed by atoms with Crippen molar-refractivity contribution in [3.05, 3.63) is 41.5 Å². The average Bonchev–Trinajstić information content (AvgIpc) is 3.47. The lowest BCUT2D eigenvalue weighted by Crippen LogP contribution is -2.32. The number of nitrogens with zero attached hydrogens (tertiary/aromatic N) is 5. The van der Waals surface area contributed by atoms with Crippen LogP contribution in [0.4, 0.5) is 0 Å². The Morgan fingerprint density at radius 2 is 1.97 bits per heavy atom. The first-order valence-corrected chi connectivity index (χ1v) is 11.6. The van der Waals surface area contributed by atoms with Crippen molar-refractivity contribution in [3.8, 4) is 22.2 Å². The van der Waals surface area contributed by atoms with E-state index in [1.54, 1.807) is 17.7 Å². The Kier molecular flexibility index (Phi) is 5.55. The van der Waals surface area contributed by atoms with Crippen LogP contribution in [0.5, 0.6) is 0 Å². The van der Waals surface area contributed by atoms with Crippen LogP contribution < -0.4 is 0 Å². The van der Waals surface area contributed by atoms with E-state index in [1.165, 1.54) is 17.7 Å². The molecule has 0 N–H and O–H groups in total. The molecule has 4 heterocycles. The van der Waals surface area contributed by atoms with Crippen LogP contribution in [-0.4, -0.2) is 43.6 Å². The Bertz CT molecular complexity index is 1200. The highest BCUT2D eigenvalue weighted by atomic mass is 32.1. The third kappa shape index (κ3) is 4.25. The lowest BCUT2D eigenvalue weighted by molar-refractivity contribution is -0.131. The standard InChI is InChI=1S/C23H25N5O2S/c1-16-6-9-20(31-16)23-25-22(26-30-23)17-7-8-19-18(14-17)24-15-28(19)13-10-21(29)27-11-4-2-3-5-12-27/h6-9,14-15H,2-5,10-13H2,1H3. The number of fused-ring (bicyclic) bond motifs is 1. The molecule has 4 aromatic rings. The van der Waals surface area contributed by atoms with Gasteiger partial charge in [-0.15, -0.1) is 11.3 Å². The van der Waals surface area contributed by atoms with E-state index >= 15 is 0 Å². The van der Waals surface area contributed by atoms with Crippen molar-refractivity contribution in [1.82, 2.24) is 24.6 Å². The van der Waals surface area contributed by atoms with E-state index in [0.717, 1.165) is 47.4 Å². The van der Waals surface area contributed by atoms with Crippen molar-refractivity contribution in [1.29, 1.82) is 0 Å². The summed E-state index contributed by atoms with van der Waals surface area (Å²) in [6, 6.07) is 10.00. The molecule has 0 saturated carbocycles. The Morgan fingerprint density at radius 3 is 2.74 bits per heavy atom. The van der Waals surface area contributed by atoms with Crippen LogP contribution in [0.3, 0.4) is 0 Å². The van der Waals surface area contributed by atoms with Crippen molar-refractivity contribution in [2.45, 2.75) is 45.6 Å². The predicted octanol–water partition coefficient (Wildman–Crippen LogP) is 4.92. The molecule has 31 heavy (non-hydrogen) atoms. The zero-order valence-corrected chi connectivity index (χ0v) is 18.4. The van der Waals surface area contributed by atoms with Crippen molar-refractivity contribution < 1.29 is 9.32 Å². The number of likely N-dealkylation sites (tertiary alicyclic amines) is 1. The number of amides is 1. The highest BCUT2D eigenvalue weighted by molar-refractivity contribution is 7.15. The molecule has 8 heteroatoms. The van der Waals surface area contributed by atoms with Gasteiger partial charge in [0.25, 0.3) is 5.89 Å². The van der Waals surface area contributed by atoms with Gasteiger partial charge in [-0.25, -0.2) is 4.98 Å².